The number of nitrogens with one attached hydrogen (secondary N) is 1. The summed E-state index contributed by atoms with van der Waals surface area (Å²) in [5.74, 6) is 1.31. The highest BCUT2D eigenvalue weighted by Crippen LogP contribution is 2.33. The van der Waals surface area contributed by atoms with E-state index in [0.717, 1.165) is 19.3 Å². The van der Waals surface area contributed by atoms with Gasteiger partial charge in [-0.05, 0) is 43.2 Å². The average molecular weight is 273 g/mol. The third kappa shape index (κ3) is 3.08. The number of nitrogens with zero attached hydrogens (tertiary/aromatic N) is 2. The first-order chi connectivity index (χ1) is 9.51. The number of hydrogen-bond donors (Lipinski definition) is 1. The molecule has 1 saturated carbocycles. The summed E-state index contributed by atoms with van der Waals surface area (Å²) in [6, 6.07) is 6.72. The van der Waals surface area contributed by atoms with Gasteiger partial charge in [0.1, 0.15) is 5.69 Å². The first-order valence-electron chi connectivity index (χ1n) is 6.96. The molecule has 5 heteroatoms. The lowest BCUT2D eigenvalue weighted by molar-refractivity contribution is -0.384. The Morgan fingerprint density at radius 2 is 2.10 bits per heavy atom. The fourth-order valence-corrected chi connectivity index (χ4v) is 2.78. The van der Waals surface area contributed by atoms with Crippen LogP contribution in [0.25, 0.3) is 0 Å². The molecule has 0 amide bonds. The molecule has 0 radical (unpaired) electrons. The number of nitriles is 1. The van der Waals surface area contributed by atoms with Crippen LogP contribution in [0.5, 0.6) is 0 Å². The Labute approximate surface area is 118 Å². The van der Waals surface area contributed by atoms with E-state index in [0.29, 0.717) is 23.1 Å². The van der Waals surface area contributed by atoms with Crippen LogP contribution >= 0.6 is 0 Å². The molecule has 1 N–H and O–H groups in total. The van der Waals surface area contributed by atoms with E-state index < -0.39 is 4.92 Å². The third-order valence-electron chi connectivity index (χ3n) is 4.28. The van der Waals surface area contributed by atoms with E-state index in [-0.39, 0.29) is 11.7 Å². The SMILES string of the molecule is CC1CCC(Nc2cc(C#N)ccc2[N+](=O)[O-])CC1C. The molecular weight excluding hydrogens is 254 g/mol. The average Bonchev–Trinajstić information content (AvgIpc) is 2.42. The van der Waals surface area contributed by atoms with Gasteiger partial charge in [0.25, 0.3) is 5.69 Å². The van der Waals surface area contributed by atoms with Gasteiger partial charge < -0.3 is 5.32 Å². The Bertz CT molecular complexity index is 551. The van der Waals surface area contributed by atoms with E-state index in [1.165, 1.54) is 12.1 Å². The number of nitro benzene ring substituents is 1. The predicted molar refractivity (Wildman–Crippen MR) is 77.4 cm³/mol. The van der Waals surface area contributed by atoms with Crippen molar-refractivity contribution in [2.75, 3.05) is 5.32 Å². The predicted octanol–water partition coefficient (Wildman–Crippen LogP) is 3.70. The second-order valence-corrected chi connectivity index (χ2v) is 5.71. The monoisotopic (exact) mass is 273 g/mol. The third-order valence-corrected chi connectivity index (χ3v) is 4.28. The molecule has 2 rings (SSSR count). The standard InChI is InChI=1S/C15H19N3O2/c1-10-3-5-13(7-11(10)2)17-14-8-12(9-16)4-6-15(14)18(19)20/h4,6,8,10-11,13,17H,3,5,7H2,1-2H3. The molecule has 1 aromatic rings. The van der Waals surface area contributed by atoms with Crippen molar-refractivity contribution in [3.05, 3.63) is 33.9 Å². The zero-order valence-corrected chi connectivity index (χ0v) is 11.8. The van der Waals surface area contributed by atoms with Gasteiger partial charge in [0.15, 0.2) is 0 Å². The molecule has 0 saturated heterocycles. The number of hydrogen-bond acceptors (Lipinski definition) is 4. The Hall–Kier alpha value is -2.09. The molecule has 1 aromatic carbocycles. The first-order valence-corrected chi connectivity index (χ1v) is 6.96. The zero-order chi connectivity index (χ0) is 14.7. The molecular formula is C15H19N3O2. The van der Waals surface area contributed by atoms with Crippen LogP contribution < -0.4 is 5.32 Å². The van der Waals surface area contributed by atoms with Crippen molar-refractivity contribution in [1.82, 2.24) is 0 Å². The van der Waals surface area contributed by atoms with Gasteiger partial charge in [0.05, 0.1) is 16.6 Å². The molecule has 20 heavy (non-hydrogen) atoms. The van der Waals surface area contributed by atoms with Crippen molar-refractivity contribution in [2.45, 2.75) is 39.2 Å². The second kappa shape index (κ2) is 5.91. The lowest BCUT2D eigenvalue weighted by Crippen LogP contribution is -2.30. The summed E-state index contributed by atoms with van der Waals surface area (Å²) in [5, 5.41) is 23.3. The van der Waals surface area contributed by atoms with E-state index in [4.69, 9.17) is 5.26 Å². The summed E-state index contributed by atoms with van der Waals surface area (Å²) in [5.41, 5.74) is 0.936. The van der Waals surface area contributed by atoms with E-state index >= 15 is 0 Å². The molecule has 0 heterocycles. The topological polar surface area (TPSA) is 79.0 Å². The normalized spacial score (nSPS) is 25.8. The molecule has 3 atom stereocenters. The highest BCUT2D eigenvalue weighted by Gasteiger charge is 2.26. The maximum atomic E-state index is 11.1. The first kappa shape index (κ1) is 14.3. The summed E-state index contributed by atoms with van der Waals surface area (Å²) in [6.45, 7) is 4.47. The van der Waals surface area contributed by atoms with Gasteiger partial charge in [-0.2, -0.15) is 5.26 Å². The Kier molecular flexibility index (Phi) is 4.23. The Balaban J connectivity index is 2.20. The number of rotatable bonds is 3. The lowest BCUT2D eigenvalue weighted by atomic mass is 9.79. The zero-order valence-electron chi connectivity index (χ0n) is 11.8. The molecule has 1 fully saturated rings. The highest BCUT2D eigenvalue weighted by molar-refractivity contribution is 5.64. The van der Waals surface area contributed by atoms with Crippen molar-refractivity contribution in [3.63, 3.8) is 0 Å². The van der Waals surface area contributed by atoms with Crippen LogP contribution in [0.3, 0.4) is 0 Å². The largest absolute Gasteiger partial charge is 0.377 e. The van der Waals surface area contributed by atoms with Crippen LogP contribution in [0.2, 0.25) is 0 Å². The van der Waals surface area contributed by atoms with E-state index in [1.807, 2.05) is 6.07 Å². The van der Waals surface area contributed by atoms with Crippen LogP contribution in [0.1, 0.15) is 38.7 Å². The van der Waals surface area contributed by atoms with Gasteiger partial charge in [-0.1, -0.05) is 13.8 Å². The minimum Gasteiger partial charge on any atom is -0.377 e. The van der Waals surface area contributed by atoms with Crippen LogP contribution in [0.4, 0.5) is 11.4 Å². The van der Waals surface area contributed by atoms with E-state index in [9.17, 15) is 10.1 Å². The minimum absolute atomic E-state index is 0.0373. The molecule has 0 aliphatic heterocycles. The van der Waals surface area contributed by atoms with Gasteiger partial charge in [-0.3, -0.25) is 10.1 Å². The summed E-state index contributed by atoms with van der Waals surface area (Å²) in [7, 11) is 0. The molecule has 0 bridgehead atoms. The number of anilines is 1. The molecule has 0 spiro atoms. The van der Waals surface area contributed by atoms with Crippen molar-refractivity contribution in [1.29, 1.82) is 5.26 Å². The molecule has 1 aliphatic rings. The van der Waals surface area contributed by atoms with Crippen LogP contribution in [-0.4, -0.2) is 11.0 Å². The van der Waals surface area contributed by atoms with E-state index in [1.54, 1.807) is 6.07 Å². The van der Waals surface area contributed by atoms with Crippen LogP contribution in [0, 0.1) is 33.3 Å². The van der Waals surface area contributed by atoms with Crippen molar-refractivity contribution >= 4 is 11.4 Å². The number of benzene rings is 1. The fraction of sp³-hybridized carbons (Fsp3) is 0.533. The van der Waals surface area contributed by atoms with Gasteiger partial charge in [-0.25, -0.2) is 0 Å². The van der Waals surface area contributed by atoms with Gasteiger partial charge in [0, 0.05) is 12.1 Å². The van der Waals surface area contributed by atoms with E-state index in [2.05, 4.69) is 19.2 Å². The van der Waals surface area contributed by atoms with Crippen LogP contribution in [0.15, 0.2) is 18.2 Å². The summed E-state index contributed by atoms with van der Waals surface area (Å²) in [6.07, 6.45) is 3.15. The maximum Gasteiger partial charge on any atom is 0.292 e. The Morgan fingerprint density at radius 3 is 2.70 bits per heavy atom. The second-order valence-electron chi connectivity index (χ2n) is 5.71. The minimum atomic E-state index is -0.404. The fourth-order valence-electron chi connectivity index (χ4n) is 2.78. The van der Waals surface area contributed by atoms with Gasteiger partial charge in [-0.15, -0.1) is 0 Å². The summed E-state index contributed by atoms with van der Waals surface area (Å²) >= 11 is 0. The van der Waals surface area contributed by atoms with Gasteiger partial charge in [0.2, 0.25) is 0 Å². The lowest BCUT2D eigenvalue weighted by Gasteiger charge is -2.33. The smallest absolute Gasteiger partial charge is 0.292 e. The molecule has 0 aromatic heterocycles. The molecule has 3 unspecified atom stereocenters. The van der Waals surface area contributed by atoms with Crippen molar-refractivity contribution in [3.8, 4) is 6.07 Å². The maximum absolute atomic E-state index is 11.1. The van der Waals surface area contributed by atoms with Crippen LogP contribution in [-0.2, 0) is 0 Å². The summed E-state index contributed by atoms with van der Waals surface area (Å²) in [4.78, 5) is 10.7. The quantitative estimate of drug-likeness (QED) is 0.672. The molecule has 5 nitrogen and oxygen atoms in total. The highest BCUT2D eigenvalue weighted by atomic mass is 16.6. The molecule has 106 valence electrons. The number of nitro groups is 1. The van der Waals surface area contributed by atoms with Crippen molar-refractivity contribution < 1.29 is 4.92 Å². The molecule has 1 aliphatic carbocycles. The van der Waals surface area contributed by atoms with Crippen molar-refractivity contribution in [2.24, 2.45) is 11.8 Å². The Morgan fingerprint density at radius 1 is 1.35 bits per heavy atom. The van der Waals surface area contributed by atoms with Gasteiger partial charge >= 0.3 is 0 Å². The summed E-state index contributed by atoms with van der Waals surface area (Å²) < 4.78 is 0.